The first-order valence-electron chi connectivity index (χ1n) is 11.0. The van der Waals surface area contributed by atoms with Crippen LogP contribution in [0.3, 0.4) is 0 Å². The van der Waals surface area contributed by atoms with Crippen molar-refractivity contribution in [1.29, 1.82) is 0 Å². The number of aromatic nitrogens is 2. The third kappa shape index (κ3) is 5.90. The zero-order valence-corrected chi connectivity index (χ0v) is 19.2. The second kappa shape index (κ2) is 9.16. The molecule has 1 amide bonds. The Kier molecular flexibility index (Phi) is 6.77. The van der Waals surface area contributed by atoms with Gasteiger partial charge in [0, 0.05) is 12.0 Å². The number of benzene rings is 1. The van der Waals surface area contributed by atoms with Gasteiger partial charge in [0.1, 0.15) is 11.3 Å². The van der Waals surface area contributed by atoms with Gasteiger partial charge >= 0.3 is 5.97 Å². The Morgan fingerprint density at radius 2 is 1.61 bits per heavy atom. The number of aryl methyl sites for hydroxylation is 2. The van der Waals surface area contributed by atoms with E-state index in [4.69, 9.17) is 10.5 Å². The Bertz CT molecular complexity index is 953. The first kappa shape index (κ1) is 22.9. The summed E-state index contributed by atoms with van der Waals surface area (Å²) in [7, 11) is 0. The number of rotatable bonds is 5. The van der Waals surface area contributed by atoms with Gasteiger partial charge in [0.25, 0.3) is 5.91 Å². The molecule has 1 heterocycles. The molecule has 0 bridgehead atoms. The summed E-state index contributed by atoms with van der Waals surface area (Å²) in [5.41, 5.74) is 9.46. The maximum Gasteiger partial charge on any atom is 0.306 e. The maximum atomic E-state index is 12.1. The lowest BCUT2D eigenvalue weighted by molar-refractivity contribution is -0.156. The Labute approximate surface area is 184 Å². The van der Waals surface area contributed by atoms with E-state index in [9.17, 15) is 9.59 Å². The van der Waals surface area contributed by atoms with Gasteiger partial charge in [-0.15, -0.1) is 0 Å². The van der Waals surface area contributed by atoms with E-state index in [0.29, 0.717) is 29.6 Å². The molecule has 166 valence electrons. The van der Waals surface area contributed by atoms with Crippen molar-refractivity contribution >= 4 is 11.9 Å². The first-order chi connectivity index (χ1) is 14.5. The maximum absolute atomic E-state index is 12.1. The molecule has 1 saturated carbocycles. The summed E-state index contributed by atoms with van der Waals surface area (Å²) < 4.78 is 5.47. The number of hydrogen-bond acceptors (Lipinski definition) is 5. The van der Waals surface area contributed by atoms with E-state index in [2.05, 4.69) is 22.1 Å². The summed E-state index contributed by atoms with van der Waals surface area (Å²) in [5.74, 6) is 0.245. The van der Waals surface area contributed by atoms with E-state index in [0.717, 1.165) is 36.9 Å². The summed E-state index contributed by atoms with van der Waals surface area (Å²) >= 11 is 0. The summed E-state index contributed by atoms with van der Waals surface area (Å²) in [4.78, 5) is 32.6. The van der Waals surface area contributed by atoms with Crippen LogP contribution in [0.4, 0.5) is 0 Å². The molecular weight excluding hydrogens is 390 g/mol. The molecule has 1 aromatic heterocycles. The fraction of sp³-hybridized carbons (Fsp3) is 0.520. The Morgan fingerprint density at radius 3 is 2.16 bits per heavy atom. The van der Waals surface area contributed by atoms with E-state index in [-0.39, 0.29) is 11.7 Å². The van der Waals surface area contributed by atoms with Gasteiger partial charge in [-0.3, -0.25) is 14.6 Å². The van der Waals surface area contributed by atoms with Crippen molar-refractivity contribution in [3.05, 3.63) is 46.9 Å². The van der Waals surface area contributed by atoms with Crippen LogP contribution in [-0.2, 0) is 9.53 Å². The zero-order valence-electron chi connectivity index (χ0n) is 19.2. The minimum atomic E-state index is -0.564. The highest BCUT2D eigenvalue weighted by molar-refractivity contribution is 5.92. The summed E-state index contributed by atoms with van der Waals surface area (Å²) in [6.45, 7) is 9.35. The van der Waals surface area contributed by atoms with Crippen molar-refractivity contribution in [1.82, 2.24) is 9.97 Å². The largest absolute Gasteiger partial charge is 0.460 e. The van der Waals surface area contributed by atoms with Crippen LogP contribution in [-0.4, -0.2) is 27.4 Å². The van der Waals surface area contributed by atoms with Crippen molar-refractivity contribution in [2.24, 2.45) is 11.7 Å². The van der Waals surface area contributed by atoms with Gasteiger partial charge < -0.3 is 10.5 Å². The zero-order chi connectivity index (χ0) is 22.8. The van der Waals surface area contributed by atoms with Crippen LogP contribution < -0.4 is 5.73 Å². The standard InChI is InChI=1S/C25H33N3O3/c1-15-22(28-23(24(26)30)16(2)27-15)20-12-10-19(11-13-20)18-8-6-17(7-9-18)14-21(29)31-25(3,4)5/h10-13,17-18H,6-9,14H2,1-5H3,(H2,26,30)/t17-,18-. The molecule has 1 aliphatic rings. The number of nitrogens with two attached hydrogens (primary N) is 1. The molecule has 1 aliphatic carbocycles. The van der Waals surface area contributed by atoms with Gasteiger partial charge in [0.05, 0.1) is 17.1 Å². The smallest absolute Gasteiger partial charge is 0.306 e. The molecule has 1 aromatic carbocycles. The molecule has 6 nitrogen and oxygen atoms in total. The highest BCUT2D eigenvalue weighted by Gasteiger charge is 2.26. The summed E-state index contributed by atoms with van der Waals surface area (Å²) in [6, 6.07) is 8.36. The van der Waals surface area contributed by atoms with E-state index in [1.54, 1.807) is 6.92 Å². The van der Waals surface area contributed by atoms with Gasteiger partial charge in [-0.2, -0.15) is 0 Å². The molecule has 0 saturated heterocycles. The number of ether oxygens (including phenoxy) is 1. The molecular formula is C25H33N3O3. The Morgan fingerprint density at radius 1 is 1.00 bits per heavy atom. The lowest BCUT2D eigenvalue weighted by Crippen LogP contribution is -2.26. The van der Waals surface area contributed by atoms with Crippen molar-refractivity contribution in [3.8, 4) is 11.3 Å². The number of amides is 1. The topological polar surface area (TPSA) is 95.2 Å². The van der Waals surface area contributed by atoms with E-state index >= 15 is 0 Å². The molecule has 2 N–H and O–H groups in total. The van der Waals surface area contributed by atoms with Gasteiger partial charge in [-0.1, -0.05) is 24.3 Å². The molecule has 0 radical (unpaired) electrons. The van der Waals surface area contributed by atoms with E-state index in [1.165, 1.54) is 5.56 Å². The SMILES string of the molecule is Cc1nc(C)c(-c2ccc([C@H]3CC[C@H](CC(=O)OC(C)(C)C)CC3)cc2)nc1C(N)=O. The molecule has 3 rings (SSSR count). The molecule has 1 fully saturated rings. The van der Waals surface area contributed by atoms with Crippen molar-refractivity contribution < 1.29 is 14.3 Å². The monoisotopic (exact) mass is 423 g/mol. The quantitative estimate of drug-likeness (QED) is 0.693. The molecule has 2 aromatic rings. The van der Waals surface area contributed by atoms with Crippen molar-refractivity contribution in [2.45, 2.75) is 78.2 Å². The van der Waals surface area contributed by atoms with Crippen molar-refractivity contribution in [2.75, 3.05) is 0 Å². The third-order valence-electron chi connectivity index (χ3n) is 5.86. The molecule has 31 heavy (non-hydrogen) atoms. The normalized spacial score (nSPS) is 19.1. The fourth-order valence-electron chi connectivity index (χ4n) is 4.37. The molecule has 0 aliphatic heterocycles. The fourth-order valence-corrected chi connectivity index (χ4v) is 4.37. The van der Waals surface area contributed by atoms with Crippen LogP contribution in [0.1, 0.15) is 86.2 Å². The number of carbonyl (C=O) groups is 2. The predicted molar refractivity (Wildman–Crippen MR) is 121 cm³/mol. The number of esters is 1. The Balaban J connectivity index is 1.64. The predicted octanol–water partition coefficient (Wildman–Crippen LogP) is 4.86. The molecule has 0 unspecified atom stereocenters. The third-order valence-corrected chi connectivity index (χ3v) is 5.86. The van der Waals surface area contributed by atoms with Crippen LogP contribution in [0, 0.1) is 19.8 Å². The summed E-state index contributed by atoms with van der Waals surface area (Å²) in [6.07, 6.45) is 4.73. The van der Waals surface area contributed by atoms with Crippen LogP contribution in [0.25, 0.3) is 11.3 Å². The lowest BCUT2D eigenvalue weighted by Gasteiger charge is -2.29. The first-order valence-corrected chi connectivity index (χ1v) is 11.0. The minimum Gasteiger partial charge on any atom is -0.460 e. The Hall–Kier alpha value is -2.76. The summed E-state index contributed by atoms with van der Waals surface area (Å²) in [5, 5.41) is 0. The number of nitrogens with zero attached hydrogens (tertiary/aromatic N) is 2. The second-order valence-corrected chi connectivity index (χ2v) is 9.59. The van der Waals surface area contributed by atoms with Gasteiger partial charge in [-0.25, -0.2) is 4.98 Å². The van der Waals surface area contributed by atoms with Gasteiger partial charge in [0.15, 0.2) is 0 Å². The number of primary amides is 1. The van der Waals surface area contributed by atoms with Gasteiger partial charge in [-0.05, 0) is 77.7 Å². The van der Waals surface area contributed by atoms with E-state index < -0.39 is 11.5 Å². The van der Waals surface area contributed by atoms with E-state index in [1.807, 2.05) is 39.8 Å². The van der Waals surface area contributed by atoms with Crippen LogP contribution in [0.2, 0.25) is 0 Å². The molecule has 0 atom stereocenters. The second-order valence-electron chi connectivity index (χ2n) is 9.59. The molecule has 0 spiro atoms. The average molecular weight is 424 g/mol. The van der Waals surface area contributed by atoms with Crippen LogP contribution in [0.15, 0.2) is 24.3 Å². The number of carbonyl (C=O) groups excluding carboxylic acids is 2. The molecule has 6 heteroatoms. The lowest BCUT2D eigenvalue weighted by atomic mass is 9.77. The minimum absolute atomic E-state index is 0.0924. The highest BCUT2D eigenvalue weighted by Crippen LogP contribution is 2.38. The van der Waals surface area contributed by atoms with Crippen molar-refractivity contribution in [3.63, 3.8) is 0 Å². The highest BCUT2D eigenvalue weighted by atomic mass is 16.6. The van der Waals surface area contributed by atoms with Gasteiger partial charge in [0.2, 0.25) is 0 Å². The van der Waals surface area contributed by atoms with Crippen LogP contribution >= 0.6 is 0 Å². The number of hydrogen-bond donors (Lipinski definition) is 1. The van der Waals surface area contributed by atoms with Crippen LogP contribution in [0.5, 0.6) is 0 Å². The average Bonchev–Trinajstić information content (AvgIpc) is 2.67.